The molecule has 0 spiro atoms. The molecule has 1 atom stereocenters. The topological polar surface area (TPSA) is 138 Å². The van der Waals surface area contributed by atoms with Crippen molar-refractivity contribution in [2.24, 2.45) is 0 Å². The zero-order valence-corrected chi connectivity index (χ0v) is 21.3. The monoisotopic (exact) mass is 594 g/mol. The Hall–Kier alpha value is -2.88. The number of furan rings is 1. The average Bonchev–Trinajstić information content (AvgIpc) is 3.28. The number of non-ortho nitro benzene ring substituents is 1. The van der Waals surface area contributed by atoms with Crippen molar-refractivity contribution in [3.05, 3.63) is 77.2 Å². The number of nitrogens with zero attached hydrogens (tertiary/aromatic N) is 2. The first-order valence-electron chi connectivity index (χ1n) is 9.36. The Morgan fingerprint density at radius 2 is 2.03 bits per heavy atom. The average molecular weight is 596 g/mol. The van der Waals surface area contributed by atoms with Gasteiger partial charge < -0.3 is 15.1 Å². The summed E-state index contributed by atoms with van der Waals surface area (Å²) in [5.74, 6) is -0.859. The first-order valence-corrected chi connectivity index (χ1v) is 11.9. The lowest BCUT2D eigenvalue weighted by Crippen LogP contribution is -2.27. The summed E-state index contributed by atoms with van der Waals surface area (Å²) < 4.78 is 6.18. The second kappa shape index (κ2) is 10.4. The van der Waals surface area contributed by atoms with Gasteiger partial charge in [0.2, 0.25) is 5.91 Å². The van der Waals surface area contributed by atoms with Gasteiger partial charge in [-0.2, -0.15) is 5.26 Å². The van der Waals surface area contributed by atoms with Crippen LogP contribution < -0.4 is 10.6 Å². The van der Waals surface area contributed by atoms with E-state index in [9.17, 15) is 25.0 Å². The fourth-order valence-corrected chi connectivity index (χ4v) is 5.58. The lowest BCUT2D eigenvalue weighted by Gasteiger charge is -2.27. The summed E-state index contributed by atoms with van der Waals surface area (Å²) in [6.07, 6.45) is 1.47. The van der Waals surface area contributed by atoms with Gasteiger partial charge in [0, 0.05) is 32.3 Å². The Morgan fingerprint density at radius 1 is 1.36 bits per heavy atom. The molecule has 0 saturated carbocycles. The van der Waals surface area contributed by atoms with Gasteiger partial charge in [0.25, 0.3) is 5.69 Å². The predicted octanol–water partition coefficient (Wildman–Crippen LogP) is 5.37. The van der Waals surface area contributed by atoms with E-state index in [0.717, 1.165) is 11.8 Å². The van der Waals surface area contributed by atoms with Gasteiger partial charge in [-0.05, 0) is 57.8 Å². The number of allylic oxidation sites excluding steroid dienone is 3. The SMILES string of the molecule is CC(=O)C1=C(C)NC(SCC(=O)Nc2c(Br)cc([N+](=O)[O-])cc2Br)=C(C#N)C1c1ccco1. The number of Topliss-reactive ketones (excluding diaryl/α,β-unsaturated/α-hetero) is 1. The number of nitriles is 1. The highest BCUT2D eigenvalue weighted by atomic mass is 79.9. The Kier molecular flexibility index (Phi) is 7.78. The number of ketones is 1. The van der Waals surface area contributed by atoms with Crippen molar-refractivity contribution in [1.29, 1.82) is 5.26 Å². The van der Waals surface area contributed by atoms with Crippen LogP contribution in [-0.4, -0.2) is 22.4 Å². The molecule has 1 aromatic carbocycles. The fraction of sp³-hybridized carbons (Fsp3) is 0.190. The number of rotatable bonds is 7. The Bertz CT molecular complexity index is 1220. The maximum absolute atomic E-state index is 12.6. The van der Waals surface area contributed by atoms with E-state index in [4.69, 9.17) is 4.42 Å². The van der Waals surface area contributed by atoms with E-state index in [1.807, 2.05) is 0 Å². The zero-order chi connectivity index (χ0) is 24.3. The maximum atomic E-state index is 12.6. The minimum Gasteiger partial charge on any atom is -0.468 e. The summed E-state index contributed by atoms with van der Waals surface area (Å²) in [4.78, 5) is 35.3. The van der Waals surface area contributed by atoms with Gasteiger partial charge in [-0.25, -0.2) is 0 Å². The molecule has 9 nitrogen and oxygen atoms in total. The van der Waals surface area contributed by atoms with Crippen molar-refractivity contribution in [3.8, 4) is 6.07 Å². The third-order valence-corrected chi connectivity index (χ3v) is 6.97. The van der Waals surface area contributed by atoms with Crippen LogP contribution in [0.2, 0.25) is 0 Å². The number of carbonyl (C=O) groups is 2. The van der Waals surface area contributed by atoms with E-state index in [2.05, 4.69) is 48.6 Å². The minimum atomic E-state index is -0.674. The highest BCUT2D eigenvalue weighted by molar-refractivity contribution is 9.11. The number of anilines is 1. The summed E-state index contributed by atoms with van der Waals surface area (Å²) >= 11 is 7.57. The highest BCUT2D eigenvalue weighted by Gasteiger charge is 2.35. The number of nitro benzene ring substituents is 1. The van der Waals surface area contributed by atoms with Crippen molar-refractivity contribution in [3.63, 3.8) is 0 Å². The second-order valence-electron chi connectivity index (χ2n) is 6.90. The number of nitro groups is 1. The molecule has 2 aromatic rings. The molecule has 0 bridgehead atoms. The summed E-state index contributed by atoms with van der Waals surface area (Å²) in [7, 11) is 0. The number of amides is 1. The molecule has 0 radical (unpaired) electrons. The van der Waals surface area contributed by atoms with Gasteiger partial charge in [-0.3, -0.25) is 19.7 Å². The largest absolute Gasteiger partial charge is 0.468 e. The quantitative estimate of drug-likeness (QED) is 0.322. The van der Waals surface area contributed by atoms with E-state index in [1.165, 1.54) is 25.3 Å². The molecule has 1 amide bonds. The van der Waals surface area contributed by atoms with Crippen LogP contribution >= 0.6 is 43.6 Å². The summed E-state index contributed by atoms with van der Waals surface area (Å²) in [5, 5.41) is 27.0. The molecule has 1 aromatic heterocycles. The van der Waals surface area contributed by atoms with Crippen LogP contribution in [0.25, 0.3) is 0 Å². The minimum absolute atomic E-state index is 0.0586. The summed E-state index contributed by atoms with van der Waals surface area (Å²) in [6.45, 7) is 3.16. The first kappa shape index (κ1) is 24.8. The lowest BCUT2D eigenvalue weighted by atomic mass is 9.84. The Labute approximate surface area is 209 Å². The van der Waals surface area contributed by atoms with Crippen molar-refractivity contribution < 1.29 is 18.9 Å². The van der Waals surface area contributed by atoms with Crippen molar-refractivity contribution in [2.75, 3.05) is 11.1 Å². The van der Waals surface area contributed by atoms with Crippen molar-refractivity contribution >= 4 is 66.7 Å². The predicted molar refractivity (Wildman–Crippen MR) is 130 cm³/mol. The van der Waals surface area contributed by atoms with Gasteiger partial charge in [0.05, 0.1) is 45.2 Å². The summed E-state index contributed by atoms with van der Waals surface area (Å²) in [5.41, 5.74) is 1.49. The van der Waals surface area contributed by atoms with Gasteiger partial charge in [-0.15, -0.1) is 0 Å². The third kappa shape index (κ3) is 5.38. The molecule has 2 heterocycles. The Balaban J connectivity index is 1.82. The molecule has 1 aliphatic heterocycles. The van der Waals surface area contributed by atoms with Crippen molar-refractivity contribution in [2.45, 2.75) is 19.8 Å². The van der Waals surface area contributed by atoms with Gasteiger partial charge in [-0.1, -0.05) is 11.8 Å². The number of dihydropyridines is 1. The van der Waals surface area contributed by atoms with Gasteiger partial charge >= 0.3 is 0 Å². The van der Waals surface area contributed by atoms with E-state index in [0.29, 0.717) is 36.7 Å². The van der Waals surface area contributed by atoms with E-state index >= 15 is 0 Å². The van der Waals surface area contributed by atoms with E-state index in [1.54, 1.807) is 19.1 Å². The lowest BCUT2D eigenvalue weighted by molar-refractivity contribution is -0.385. The molecule has 1 aliphatic rings. The van der Waals surface area contributed by atoms with Crippen LogP contribution in [-0.2, 0) is 9.59 Å². The molecule has 12 heteroatoms. The molecule has 0 aliphatic carbocycles. The van der Waals surface area contributed by atoms with Gasteiger partial charge in [0.15, 0.2) is 5.78 Å². The second-order valence-corrected chi connectivity index (χ2v) is 9.60. The molecule has 1 unspecified atom stereocenters. The fourth-order valence-electron chi connectivity index (χ4n) is 3.33. The molecule has 0 saturated heterocycles. The number of hydrogen-bond donors (Lipinski definition) is 2. The molecular weight excluding hydrogens is 580 g/mol. The standard InChI is InChI=1S/C21H16Br2N4O5S/c1-10-18(11(2)28)19(16-4-3-5-32-16)13(8-24)21(25-10)33-9-17(29)26-20-14(22)6-12(27(30)31)7-15(20)23/h3-7,19,25H,9H2,1-2H3,(H,26,29). The van der Waals surface area contributed by atoms with Crippen LogP contribution in [0.4, 0.5) is 11.4 Å². The number of thioether (sulfide) groups is 1. The number of nitrogens with one attached hydrogen (secondary N) is 2. The smallest absolute Gasteiger partial charge is 0.271 e. The number of benzene rings is 1. The van der Waals surface area contributed by atoms with E-state index < -0.39 is 16.7 Å². The van der Waals surface area contributed by atoms with Gasteiger partial charge in [0.1, 0.15) is 5.76 Å². The van der Waals surface area contributed by atoms with Crippen molar-refractivity contribution in [1.82, 2.24) is 5.32 Å². The van der Waals surface area contributed by atoms with Crippen LogP contribution in [0.3, 0.4) is 0 Å². The molecule has 170 valence electrons. The number of hydrogen-bond acceptors (Lipinski definition) is 8. The normalized spacial score (nSPS) is 15.7. The highest BCUT2D eigenvalue weighted by Crippen LogP contribution is 2.41. The molecule has 0 fully saturated rings. The molecule has 33 heavy (non-hydrogen) atoms. The van der Waals surface area contributed by atoms with Crippen LogP contribution in [0.1, 0.15) is 25.5 Å². The van der Waals surface area contributed by atoms with E-state index in [-0.39, 0.29) is 22.8 Å². The third-order valence-electron chi connectivity index (χ3n) is 4.70. The number of carbonyl (C=O) groups excluding carboxylic acids is 2. The number of halogens is 2. The van der Waals surface area contributed by atoms with Crippen LogP contribution in [0, 0.1) is 21.4 Å². The maximum Gasteiger partial charge on any atom is 0.271 e. The summed E-state index contributed by atoms with van der Waals surface area (Å²) in [6, 6.07) is 8.10. The van der Waals surface area contributed by atoms with Crippen LogP contribution in [0.15, 0.2) is 65.8 Å². The Morgan fingerprint density at radius 3 is 2.55 bits per heavy atom. The molecule has 2 N–H and O–H groups in total. The van der Waals surface area contributed by atoms with Crippen LogP contribution in [0.5, 0.6) is 0 Å². The molecule has 3 rings (SSSR count). The first-order chi connectivity index (χ1) is 15.6. The zero-order valence-electron chi connectivity index (χ0n) is 17.3. The molecular formula is C21H16Br2N4O5S.